The molecule has 0 radical (unpaired) electrons. The summed E-state index contributed by atoms with van der Waals surface area (Å²) in [5, 5.41) is 24.6. The molecule has 1 fully saturated rings. The maximum absolute atomic E-state index is 12.1. The highest BCUT2D eigenvalue weighted by atomic mass is 35.5. The number of anilines is 1. The highest BCUT2D eigenvalue weighted by Gasteiger charge is 2.28. The van der Waals surface area contributed by atoms with Crippen LogP contribution in [-0.4, -0.2) is 55.5 Å². The summed E-state index contributed by atoms with van der Waals surface area (Å²) in [5.41, 5.74) is 0.342. The maximum Gasteiger partial charge on any atom is 0.410 e. The van der Waals surface area contributed by atoms with E-state index in [1.54, 1.807) is 23.1 Å². The molecule has 0 atom stereocenters. The smallest absolute Gasteiger partial charge is 0.410 e. The Kier molecular flexibility index (Phi) is 7.85. The van der Waals surface area contributed by atoms with Crippen LogP contribution in [0.4, 0.5) is 22.2 Å². The molecule has 2 aromatic carbocycles. The van der Waals surface area contributed by atoms with Gasteiger partial charge in [-0.25, -0.2) is 4.79 Å². The molecule has 1 amide bonds. The lowest BCUT2D eigenvalue weighted by atomic mass is 10.1. The fourth-order valence-corrected chi connectivity index (χ4v) is 4.07. The van der Waals surface area contributed by atoms with Crippen LogP contribution in [0.15, 0.2) is 45.2 Å². The number of hydrogen-bond acceptors (Lipinski definition) is 11. The quantitative estimate of drug-likeness (QED) is 0.230. The number of non-ortho nitro benzene ring substituents is 2. The molecule has 0 aliphatic carbocycles. The molecule has 1 saturated heterocycles. The SMILES string of the molecule is CC(C)(C)OC(=O)N1CCC(Nc2nc3cccc([N+](=O)[O-])c3o2)CC1.O=[N+]([O-])c1cccc2nc(Cl)oc12. The second-order valence-corrected chi connectivity index (χ2v) is 9.96. The number of hydrogen-bond donors (Lipinski definition) is 1. The Hall–Kier alpha value is -4.46. The Morgan fingerprint density at radius 3 is 2.08 bits per heavy atom. The normalized spacial score (nSPS) is 14.1. The van der Waals surface area contributed by atoms with Gasteiger partial charge in [0.1, 0.15) is 16.6 Å². The Morgan fingerprint density at radius 2 is 1.54 bits per heavy atom. The molecule has 1 N–H and O–H groups in total. The Balaban J connectivity index is 0.000000226. The first-order valence-corrected chi connectivity index (χ1v) is 12.3. The number of halogens is 1. The minimum atomic E-state index is -0.538. The summed E-state index contributed by atoms with van der Waals surface area (Å²) in [4.78, 5) is 42.3. The standard InChI is InChI=1S/C17H22N4O5.C7H3ClN2O3/c1-17(2,3)26-16(22)20-9-7-11(8-10-20)18-15-19-12-5-4-6-13(21(23)24)14(12)25-15;8-7-9-4-2-1-3-5(10(11)12)6(4)13-7/h4-6,11H,7-10H2,1-3H3,(H,18,19);1-3H. The van der Waals surface area contributed by atoms with Crippen LogP contribution in [0.5, 0.6) is 0 Å². The number of piperidine rings is 1. The lowest BCUT2D eigenvalue weighted by Gasteiger charge is -2.33. The molecule has 5 rings (SSSR count). The Labute approximate surface area is 226 Å². The second kappa shape index (κ2) is 11.1. The van der Waals surface area contributed by atoms with E-state index in [2.05, 4.69) is 15.3 Å². The fourth-order valence-electron chi connectivity index (χ4n) is 3.90. The minimum absolute atomic E-state index is 0.0702. The second-order valence-electron chi connectivity index (χ2n) is 9.64. The molecule has 0 spiro atoms. The summed E-state index contributed by atoms with van der Waals surface area (Å²) in [6, 6.07) is 9.41. The van der Waals surface area contributed by atoms with Crippen molar-refractivity contribution in [2.24, 2.45) is 0 Å². The number of likely N-dealkylation sites (tertiary alicyclic amines) is 1. The molecule has 206 valence electrons. The van der Waals surface area contributed by atoms with E-state index < -0.39 is 15.4 Å². The summed E-state index contributed by atoms with van der Waals surface area (Å²) in [7, 11) is 0. The number of oxazole rings is 2. The van der Waals surface area contributed by atoms with Crippen LogP contribution < -0.4 is 5.32 Å². The number of nitro groups is 2. The van der Waals surface area contributed by atoms with Gasteiger partial charge in [-0.2, -0.15) is 9.97 Å². The number of nitrogens with one attached hydrogen (secondary N) is 1. The first kappa shape index (κ1) is 27.6. The number of carbonyl (C=O) groups excluding carboxylic acids is 1. The molecule has 39 heavy (non-hydrogen) atoms. The van der Waals surface area contributed by atoms with Crippen molar-refractivity contribution in [2.45, 2.75) is 45.3 Å². The van der Waals surface area contributed by atoms with Crippen LogP contribution in [-0.2, 0) is 4.74 Å². The van der Waals surface area contributed by atoms with Gasteiger partial charge < -0.3 is 23.8 Å². The fraction of sp³-hybridized carbons (Fsp3) is 0.375. The number of rotatable bonds is 4. The molecule has 4 aromatic rings. The number of nitro benzene ring substituents is 2. The lowest BCUT2D eigenvalue weighted by Crippen LogP contribution is -2.44. The van der Waals surface area contributed by atoms with Crippen molar-refractivity contribution in [1.29, 1.82) is 0 Å². The molecular weight excluding hydrogens is 536 g/mol. The van der Waals surface area contributed by atoms with E-state index in [0.717, 1.165) is 0 Å². The number of amides is 1. The number of aromatic nitrogens is 2. The van der Waals surface area contributed by atoms with E-state index in [4.69, 9.17) is 25.2 Å². The zero-order valence-corrected chi connectivity index (χ0v) is 22.0. The van der Waals surface area contributed by atoms with Gasteiger partial charge in [-0.05, 0) is 57.3 Å². The van der Waals surface area contributed by atoms with Gasteiger partial charge >= 0.3 is 17.5 Å². The first-order valence-electron chi connectivity index (χ1n) is 11.9. The van der Waals surface area contributed by atoms with Gasteiger partial charge in [0.15, 0.2) is 0 Å². The highest BCUT2D eigenvalue weighted by molar-refractivity contribution is 6.28. The van der Waals surface area contributed by atoms with Gasteiger partial charge in [-0.15, -0.1) is 0 Å². The van der Waals surface area contributed by atoms with E-state index in [1.165, 1.54) is 18.2 Å². The summed E-state index contributed by atoms with van der Waals surface area (Å²) in [5.74, 6) is 0. The van der Waals surface area contributed by atoms with Gasteiger partial charge in [0, 0.05) is 31.3 Å². The molecule has 0 unspecified atom stereocenters. The number of fused-ring (bicyclic) bond motifs is 2. The number of para-hydroxylation sites is 2. The van der Waals surface area contributed by atoms with Gasteiger partial charge in [0.25, 0.3) is 11.4 Å². The first-order chi connectivity index (χ1) is 18.4. The van der Waals surface area contributed by atoms with Crippen LogP contribution in [0.1, 0.15) is 33.6 Å². The zero-order valence-electron chi connectivity index (χ0n) is 21.2. The van der Waals surface area contributed by atoms with Gasteiger partial charge in [-0.3, -0.25) is 20.2 Å². The molecular formula is C24H25ClN6O8. The summed E-state index contributed by atoms with van der Waals surface area (Å²) in [6.45, 7) is 6.64. The van der Waals surface area contributed by atoms with Crippen LogP contribution in [0.25, 0.3) is 22.2 Å². The average molecular weight is 561 g/mol. The molecule has 3 heterocycles. The molecule has 14 nitrogen and oxygen atoms in total. The van der Waals surface area contributed by atoms with E-state index in [9.17, 15) is 25.0 Å². The summed E-state index contributed by atoms with van der Waals surface area (Å²) < 4.78 is 15.8. The van der Waals surface area contributed by atoms with Crippen molar-refractivity contribution in [2.75, 3.05) is 18.4 Å². The minimum Gasteiger partial charge on any atom is -0.444 e. The van der Waals surface area contributed by atoms with Crippen LogP contribution >= 0.6 is 11.6 Å². The van der Waals surface area contributed by atoms with Crippen molar-refractivity contribution in [3.8, 4) is 0 Å². The van der Waals surface area contributed by atoms with E-state index in [1.807, 2.05) is 20.8 Å². The van der Waals surface area contributed by atoms with E-state index in [0.29, 0.717) is 37.0 Å². The van der Waals surface area contributed by atoms with Crippen LogP contribution in [0, 0.1) is 20.2 Å². The topological polar surface area (TPSA) is 180 Å². The van der Waals surface area contributed by atoms with Crippen LogP contribution in [0.3, 0.4) is 0 Å². The summed E-state index contributed by atoms with van der Waals surface area (Å²) in [6.07, 6.45) is 1.11. The van der Waals surface area contributed by atoms with Crippen LogP contribution in [0.2, 0.25) is 5.35 Å². The molecule has 0 bridgehead atoms. The predicted molar refractivity (Wildman–Crippen MR) is 141 cm³/mol. The molecule has 2 aromatic heterocycles. The molecule has 15 heteroatoms. The molecule has 1 aliphatic heterocycles. The lowest BCUT2D eigenvalue weighted by molar-refractivity contribution is -0.383. The third-order valence-electron chi connectivity index (χ3n) is 5.63. The van der Waals surface area contributed by atoms with Crippen molar-refractivity contribution < 1.29 is 28.2 Å². The summed E-state index contributed by atoms with van der Waals surface area (Å²) >= 11 is 5.46. The van der Waals surface area contributed by atoms with E-state index >= 15 is 0 Å². The third kappa shape index (κ3) is 6.71. The van der Waals surface area contributed by atoms with Crippen molar-refractivity contribution in [3.05, 3.63) is 62.0 Å². The average Bonchev–Trinajstić information content (AvgIpc) is 3.45. The monoisotopic (exact) mass is 560 g/mol. The van der Waals surface area contributed by atoms with Crippen molar-refractivity contribution >= 4 is 57.3 Å². The Morgan fingerprint density at radius 1 is 1.00 bits per heavy atom. The number of benzene rings is 2. The molecule has 0 saturated carbocycles. The number of ether oxygens (including phenoxy) is 1. The van der Waals surface area contributed by atoms with Gasteiger partial charge in [0.2, 0.25) is 11.2 Å². The van der Waals surface area contributed by atoms with Crippen molar-refractivity contribution in [1.82, 2.24) is 14.9 Å². The largest absolute Gasteiger partial charge is 0.444 e. The van der Waals surface area contributed by atoms with Gasteiger partial charge in [-0.1, -0.05) is 12.1 Å². The van der Waals surface area contributed by atoms with Gasteiger partial charge in [0.05, 0.1) is 9.85 Å². The third-order valence-corrected chi connectivity index (χ3v) is 5.79. The maximum atomic E-state index is 12.1. The van der Waals surface area contributed by atoms with Crippen molar-refractivity contribution in [3.63, 3.8) is 0 Å². The van der Waals surface area contributed by atoms with E-state index in [-0.39, 0.29) is 46.0 Å². The number of carbonyl (C=O) groups is 1. The molecule has 1 aliphatic rings. The highest BCUT2D eigenvalue weighted by Crippen LogP contribution is 2.29. The Bertz CT molecular complexity index is 1520. The number of nitrogens with zero attached hydrogens (tertiary/aromatic N) is 5. The zero-order chi connectivity index (χ0) is 28.3. The predicted octanol–water partition coefficient (Wildman–Crippen LogP) is 5.94.